The van der Waals surface area contributed by atoms with E-state index in [1.165, 1.54) is 37.8 Å². The predicted octanol–water partition coefficient (Wildman–Crippen LogP) is 3.23. The molecule has 1 aliphatic rings. The van der Waals surface area contributed by atoms with Crippen molar-refractivity contribution in [1.82, 2.24) is 5.32 Å². The second-order valence-corrected chi connectivity index (χ2v) is 4.18. The normalized spacial score (nSPS) is 22.8. The summed E-state index contributed by atoms with van der Waals surface area (Å²) >= 11 is 0. The van der Waals surface area contributed by atoms with Gasteiger partial charge in [-0.15, -0.1) is 0 Å². The lowest BCUT2D eigenvalue weighted by Gasteiger charge is -2.09. The van der Waals surface area contributed by atoms with Crippen LogP contribution >= 0.6 is 0 Å². The Bertz CT molecular complexity index is 294. The third-order valence-electron chi connectivity index (χ3n) is 2.92. The highest BCUT2D eigenvalue weighted by atomic mass is 14.9. The number of hydrogen-bond acceptors (Lipinski definition) is 1. The largest absolute Gasteiger partial charge is 0.311 e. The molecule has 0 spiro atoms. The molecule has 1 aromatic rings. The van der Waals surface area contributed by atoms with Gasteiger partial charge in [0, 0.05) is 6.04 Å². The monoisotopic (exact) mass is 201 g/mol. The molecule has 1 aliphatic heterocycles. The molecular weight excluding hydrogens is 182 g/mol. The van der Waals surface area contributed by atoms with Gasteiger partial charge in [-0.25, -0.2) is 0 Å². The minimum absolute atomic E-state index is 0.577. The first-order chi connectivity index (χ1) is 7.45. The van der Waals surface area contributed by atoms with Crippen molar-refractivity contribution >= 4 is 6.08 Å². The molecule has 1 fully saturated rings. The van der Waals surface area contributed by atoms with Crippen LogP contribution in [0.25, 0.3) is 6.08 Å². The van der Waals surface area contributed by atoms with E-state index in [1.807, 2.05) is 0 Å². The van der Waals surface area contributed by atoms with Crippen LogP contribution in [0.5, 0.6) is 0 Å². The summed E-state index contributed by atoms with van der Waals surface area (Å²) in [6, 6.07) is 11.1. The Morgan fingerprint density at radius 1 is 1.07 bits per heavy atom. The molecule has 1 saturated heterocycles. The molecule has 1 aromatic carbocycles. The van der Waals surface area contributed by atoms with E-state index < -0.39 is 0 Å². The SMILES string of the molecule is C(=C[C@@H]1CCCCCN1)c1ccccc1. The maximum Gasteiger partial charge on any atom is 0.0253 e. The Kier molecular flexibility index (Phi) is 3.98. The summed E-state index contributed by atoms with van der Waals surface area (Å²) in [5, 5.41) is 3.57. The summed E-state index contributed by atoms with van der Waals surface area (Å²) in [6.07, 6.45) is 9.88. The Hall–Kier alpha value is -1.08. The van der Waals surface area contributed by atoms with Crippen molar-refractivity contribution in [2.75, 3.05) is 6.54 Å². The van der Waals surface area contributed by atoms with E-state index in [9.17, 15) is 0 Å². The number of nitrogens with one attached hydrogen (secondary N) is 1. The zero-order chi connectivity index (χ0) is 10.3. The van der Waals surface area contributed by atoms with Crippen molar-refractivity contribution < 1.29 is 0 Å². The van der Waals surface area contributed by atoms with Crippen LogP contribution in [0.1, 0.15) is 31.2 Å². The van der Waals surface area contributed by atoms with Gasteiger partial charge in [-0.2, -0.15) is 0 Å². The van der Waals surface area contributed by atoms with Gasteiger partial charge < -0.3 is 5.32 Å². The summed E-state index contributed by atoms with van der Waals surface area (Å²) in [7, 11) is 0. The Balaban J connectivity index is 1.92. The Morgan fingerprint density at radius 2 is 1.93 bits per heavy atom. The van der Waals surface area contributed by atoms with Gasteiger partial charge in [-0.3, -0.25) is 0 Å². The van der Waals surface area contributed by atoms with Crippen molar-refractivity contribution in [3.05, 3.63) is 42.0 Å². The molecule has 1 heterocycles. The average Bonchev–Trinajstić information content (AvgIpc) is 2.56. The molecule has 80 valence electrons. The van der Waals surface area contributed by atoms with Crippen LogP contribution in [-0.4, -0.2) is 12.6 Å². The summed E-state index contributed by atoms with van der Waals surface area (Å²) in [5.74, 6) is 0. The fourth-order valence-corrected chi connectivity index (χ4v) is 2.01. The standard InChI is InChI=1S/C14H19N/c1-3-7-13(8-4-1)10-11-14-9-5-2-6-12-15-14/h1,3-4,7-8,10-11,14-15H,2,5-6,9,12H2/t14-/m0/s1. The lowest BCUT2D eigenvalue weighted by Crippen LogP contribution is -2.25. The van der Waals surface area contributed by atoms with E-state index in [4.69, 9.17) is 0 Å². The van der Waals surface area contributed by atoms with E-state index in [0.717, 1.165) is 0 Å². The maximum absolute atomic E-state index is 3.57. The summed E-state index contributed by atoms with van der Waals surface area (Å²) in [5.41, 5.74) is 1.29. The van der Waals surface area contributed by atoms with Crippen LogP contribution < -0.4 is 5.32 Å². The molecule has 0 unspecified atom stereocenters. The van der Waals surface area contributed by atoms with Crippen molar-refractivity contribution in [3.63, 3.8) is 0 Å². The first-order valence-corrected chi connectivity index (χ1v) is 5.92. The van der Waals surface area contributed by atoms with Gasteiger partial charge in [0.25, 0.3) is 0 Å². The molecule has 0 amide bonds. The highest BCUT2D eigenvalue weighted by molar-refractivity contribution is 5.49. The number of hydrogen-bond donors (Lipinski definition) is 1. The summed E-state index contributed by atoms with van der Waals surface area (Å²) in [6.45, 7) is 1.17. The third-order valence-corrected chi connectivity index (χ3v) is 2.92. The average molecular weight is 201 g/mol. The van der Waals surface area contributed by atoms with Crippen LogP contribution in [-0.2, 0) is 0 Å². The van der Waals surface area contributed by atoms with Crippen LogP contribution in [0.15, 0.2) is 36.4 Å². The Morgan fingerprint density at radius 3 is 2.80 bits per heavy atom. The minimum Gasteiger partial charge on any atom is -0.311 e. The maximum atomic E-state index is 3.57. The summed E-state index contributed by atoms with van der Waals surface area (Å²) < 4.78 is 0. The van der Waals surface area contributed by atoms with E-state index in [2.05, 4.69) is 47.8 Å². The second kappa shape index (κ2) is 5.72. The quantitative estimate of drug-likeness (QED) is 0.774. The molecule has 15 heavy (non-hydrogen) atoms. The minimum atomic E-state index is 0.577. The van der Waals surface area contributed by atoms with Gasteiger partial charge in [0.15, 0.2) is 0 Å². The van der Waals surface area contributed by atoms with Gasteiger partial charge in [-0.1, -0.05) is 55.3 Å². The molecule has 0 saturated carbocycles. The molecule has 2 rings (SSSR count). The van der Waals surface area contributed by atoms with Crippen molar-refractivity contribution in [2.45, 2.75) is 31.7 Å². The van der Waals surface area contributed by atoms with Crippen LogP contribution in [0.3, 0.4) is 0 Å². The first-order valence-electron chi connectivity index (χ1n) is 5.92. The smallest absolute Gasteiger partial charge is 0.0253 e. The van der Waals surface area contributed by atoms with E-state index in [1.54, 1.807) is 0 Å². The van der Waals surface area contributed by atoms with Crippen LogP contribution in [0.4, 0.5) is 0 Å². The highest BCUT2D eigenvalue weighted by Crippen LogP contribution is 2.11. The Labute approximate surface area is 92.2 Å². The van der Waals surface area contributed by atoms with E-state index in [0.29, 0.717) is 6.04 Å². The molecule has 0 radical (unpaired) electrons. The molecule has 1 N–H and O–H groups in total. The molecule has 0 aliphatic carbocycles. The zero-order valence-corrected chi connectivity index (χ0v) is 9.15. The van der Waals surface area contributed by atoms with Crippen molar-refractivity contribution in [2.24, 2.45) is 0 Å². The predicted molar refractivity (Wildman–Crippen MR) is 65.7 cm³/mol. The molecular formula is C14H19N. The lowest BCUT2D eigenvalue weighted by molar-refractivity contribution is 0.599. The van der Waals surface area contributed by atoms with E-state index in [-0.39, 0.29) is 0 Å². The van der Waals surface area contributed by atoms with Gasteiger partial charge in [0.2, 0.25) is 0 Å². The number of rotatable bonds is 2. The second-order valence-electron chi connectivity index (χ2n) is 4.18. The first kappa shape index (κ1) is 10.4. The number of benzene rings is 1. The van der Waals surface area contributed by atoms with Gasteiger partial charge in [0.1, 0.15) is 0 Å². The molecule has 1 nitrogen and oxygen atoms in total. The van der Waals surface area contributed by atoms with Gasteiger partial charge in [0.05, 0.1) is 0 Å². The topological polar surface area (TPSA) is 12.0 Å². The molecule has 1 heteroatoms. The van der Waals surface area contributed by atoms with E-state index >= 15 is 0 Å². The third kappa shape index (κ3) is 3.52. The lowest BCUT2D eigenvalue weighted by atomic mass is 10.1. The fraction of sp³-hybridized carbons (Fsp3) is 0.429. The van der Waals surface area contributed by atoms with Crippen molar-refractivity contribution in [3.8, 4) is 0 Å². The molecule has 0 bridgehead atoms. The fourth-order valence-electron chi connectivity index (χ4n) is 2.01. The summed E-state index contributed by atoms with van der Waals surface area (Å²) in [4.78, 5) is 0. The zero-order valence-electron chi connectivity index (χ0n) is 9.15. The van der Waals surface area contributed by atoms with Gasteiger partial charge in [-0.05, 0) is 24.9 Å². The highest BCUT2D eigenvalue weighted by Gasteiger charge is 2.06. The van der Waals surface area contributed by atoms with Crippen LogP contribution in [0.2, 0.25) is 0 Å². The molecule has 0 aromatic heterocycles. The van der Waals surface area contributed by atoms with Crippen LogP contribution in [0, 0.1) is 0 Å². The van der Waals surface area contributed by atoms with Gasteiger partial charge >= 0.3 is 0 Å². The van der Waals surface area contributed by atoms with Crippen molar-refractivity contribution in [1.29, 1.82) is 0 Å². The molecule has 1 atom stereocenters.